The minimum atomic E-state index is -0.457. The molecule has 5 rings (SSSR count). The maximum atomic E-state index is 13.6. The normalized spacial score (nSPS) is 11.3. The van der Waals surface area contributed by atoms with Crippen molar-refractivity contribution in [3.8, 4) is 17.1 Å². The highest BCUT2D eigenvalue weighted by molar-refractivity contribution is 9.10. The molecule has 5 nitrogen and oxygen atoms in total. The van der Waals surface area contributed by atoms with E-state index >= 15 is 0 Å². The molecule has 6 heteroatoms. The summed E-state index contributed by atoms with van der Waals surface area (Å²) in [7, 11) is 0. The van der Waals surface area contributed by atoms with Crippen molar-refractivity contribution in [2.45, 2.75) is 6.92 Å². The van der Waals surface area contributed by atoms with Crippen LogP contribution in [-0.2, 0) is 0 Å². The van der Waals surface area contributed by atoms with Crippen molar-refractivity contribution >= 4 is 38.0 Å². The van der Waals surface area contributed by atoms with Crippen molar-refractivity contribution in [2.75, 3.05) is 0 Å². The molecule has 3 aromatic carbocycles. The van der Waals surface area contributed by atoms with Gasteiger partial charge in [0.1, 0.15) is 5.58 Å². The van der Waals surface area contributed by atoms with Crippen LogP contribution in [0.1, 0.15) is 5.56 Å². The first-order valence-electron chi connectivity index (χ1n) is 9.34. The average molecular weight is 459 g/mol. The molecule has 0 spiro atoms. The molecule has 0 fully saturated rings. The van der Waals surface area contributed by atoms with Crippen LogP contribution in [0.2, 0.25) is 0 Å². The minimum Gasteiger partial charge on any atom is -0.437 e. The van der Waals surface area contributed by atoms with E-state index in [1.54, 1.807) is 24.3 Å². The molecule has 0 unspecified atom stereocenters. The number of halogens is 1. The van der Waals surface area contributed by atoms with Crippen molar-refractivity contribution in [2.24, 2.45) is 0 Å². The van der Waals surface area contributed by atoms with Crippen LogP contribution in [0.15, 0.2) is 91.3 Å². The monoisotopic (exact) mass is 458 g/mol. The molecule has 0 bridgehead atoms. The molecule has 0 N–H and O–H groups in total. The number of aromatic nitrogens is 2. The van der Waals surface area contributed by atoms with Gasteiger partial charge in [-0.05, 0) is 43.3 Å². The lowest BCUT2D eigenvalue weighted by molar-refractivity contribution is 0.641. The maximum absolute atomic E-state index is 13.6. The van der Waals surface area contributed by atoms with Crippen LogP contribution in [0.3, 0.4) is 0 Å². The average Bonchev–Trinajstić information content (AvgIpc) is 2.75. The third kappa shape index (κ3) is 2.97. The molecule has 146 valence electrons. The molecule has 5 aromatic rings. The number of rotatable bonds is 2. The van der Waals surface area contributed by atoms with Gasteiger partial charge >= 0.3 is 0 Å². The summed E-state index contributed by atoms with van der Waals surface area (Å²) in [5, 5.41) is 0.297. The first-order chi connectivity index (χ1) is 14.5. The second kappa shape index (κ2) is 7.07. The standard InChI is InChI=1S/C24H15BrN2O3/c1-14-6-12-17(13-7-14)27-22(15-8-10-16(25)11-9-15)26-23-20(24(27)29)21(28)18-4-2-3-5-19(18)30-23/h2-13H,1H3. The summed E-state index contributed by atoms with van der Waals surface area (Å²) in [6, 6.07) is 21.9. The van der Waals surface area contributed by atoms with Crippen LogP contribution in [0.25, 0.3) is 39.1 Å². The fourth-order valence-corrected chi connectivity index (χ4v) is 3.74. The molecule has 2 aromatic heterocycles. The van der Waals surface area contributed by atoms with E-state index in [1.165, 1.54) is 4.57 Å². The summed E-state index contributed by atoms with van der Waals surface area (Å²) in [6.45, 7) is 1.97. The van der Waals surface area contributed by atoms with E-state index in [2.05, 4.69) is 20.9 Å². The largest absolute Gasteiger partial charge is 0.437 e. The summed E-state index contributed by atoms with van der Waals surface area (Å²) in [5.74, 6) is 0.405. The predicted molar refractivity (Wildman–Crippen MR) is 121 cm³/mol. The Morgan fingerprint density at radius 3 is 2.33 bits per heavy atom. The lowest BCUT2D eigenvalue weighted by Gasteiger charge is -2.14. The summed E-state index contributed by atoms with van der Waals surface area (Å²) in [5.41, 5.74) is 2.02. The van der Waals surface area contributed by atoms with Crippen LogP contribution in [0.4, 0.5) is 0 Å². The predicted octanol–water partition coefficient (Wildman–Crippen LogP) is 5.23. The number of hydrogen-bond acceptors (Lipinski definition) is 4. The van der Waals surface area contributed by atoms with Gasteiger partial charge in [-0.1, -0.05) is 57.9 Å². The second-order valence-electron chi connectivity index (χ2n) is 7.03. The molecule has 0 aliphatic carbocycles. The van der Waals surface area contributed by atoms with Gasteiger partial charge in [-0.25, -0.2) is 0 Å². The Balaban J connectivity index is 1.95. The summed E-state index contributed by atoms with van der Waals surface area (Å²) in [6.07, 6.45) is 0. The zero-order valence-corrected chi connectivity index (χ0v) is 17.5. The number of fused-ring (bicyclic) bond motifs is 2. The zero-order chi connectivity index (χ0) is 20.8. The summed E-state index contributed by atoms with van der Waals surface area (Å²) >= 11 is 3.43. The van der Waals surface area contributed by atoms with Crippen LogP contribution < -0.4 is 11.0 Å². The number of hydrogen-bond donors (Lipinski definition) is 0. The lowest BCUT2D eigenvalue weighted by Crippen LogP contribution is -2.26. The number of nitrogens with zero attached hydrogens (tertiary/aromatic N) is 2. The van der Waals surface area contributed by atoms with Gasteiger partial charge in [0, 0.05) is 10.0 Å². The van der Waals surface area contributed by atoms with Gasteiger partial charge in [-0.3, -0.25) is 14.2 Å². The molecule has 0 radical (unpaired) electrons. The third-order valence-corrected chi connectivity index (χ3v) is 5.54. The highest BCUT2D eigenvalue weighted by Gasteiger charge is 2.19. The van der Waals surface area contributed by atoms with E-state index in [4.69, 9.17) is 4.42 Å². The SMILES string of the molecule is Cc1ccc(-n2c(-c3ccc(Br)cc3)nc3oc4ccccc4c(=O)c3c2=O)cc1. The fourth-order valence-electron chi connectivity index (χ4n) is 3.48. The number of aryl methyl sites for hydroxylation is 1. The fraction of sp³-hybridized carbons (Fsp3) is 0.0417. The van der Waals surface area contributed by atoms with Gasteiger partial charge in [-0.15, -0.1) is 0 Å². The molecule has 0 aliphatic heterocycles. The molecule has 30 heavy (non-hydrogen) atoms. The van der Waals surface area contributed by atoms with Crippen molar-refractivity contribution in [1.82, 2.24) is 9.55 Å². The Hall–Kier alpha value is -3.51. The van der Waals surface area contributed by atoms with Crippen LogP contribution in [-0.4, -0.2) is 9.55 Å². The third-order valence-electron chi connectivity index (χ3n) is 5.01. The number of benzene rings is 3. The molecule has 0 amide bonds. The molecular formula is C24H15BrN2O3. The molecule has 0 saturated heterocycles. The van der Waals surface area contributed by atoms with Gasteiger partial charge in [0.2, 0.25) is 11.1 Å². The van der Waals surface area contributed by atoms with E-state index in [-0.39, 0.29) is 16.5 Å². The topological polar surface area (TPSA) is 65.1 Å². The smallest absolute Gasteiger partial charge is 0.273 e. The Labute approximate surface area is 179 Å². The number of para-hydroxylation sites is 1. The van der Waals surface area contributed by atoms with Gasteiger partial charge in [0.15, 0.2) is 11.2 Å². The highest BCUT2D eigenvalue weighted by Crippen LogP contribution is 2.24. The zero-order valence-electron chi connectivity index (χ0n) is 15.9. The minimum absolute atomic E-state index is 0.0324. The van der Waals surface area contributed by atoms with Gasteiger partial charge in [0.05, 0.1) is 11.1 Å². The molecule has 0 saturated carbocycles. The lowest BCUT2D eigenvalue weighted by atomic mass is 10.1. The van der Waals surface area contributed by atoms with Crippen molar-refractivity contribution in [3.63, 3.8) is 0 Å². The second-order valence-corrected chi connectivity index (χ2v) is 7.94. The van der Waals surface area contributed by atoms with Crippen molar-refractivity contribution in [3.05, 3.63) is 103 Å². The van der Waals surface area contributed by atoms with Gasteiger partial charge in [0.25, 0.3) is 5.56 Å². The Kier molecular flexibility index (Phi) is 4.37. The van der Waals surface area contributed by atoms with Gasteiger partial charge < -0.3 is 4.42 Å². The van der Waals surface area contributed by atoms with Crippen LogP contribution in [0, 0.1) is 6.92 Å². The Morgan fingerprint density at radius 1 is 0.900 bits per heavy atom. The molecular weight excluding hydrogens is 444 g/mol. The van der Waals surface area contributed by atoms with Gasteiger partial charge in [-0.2, -0.15) is 4.98 Å². The Bertz CT molecular complexity index is 1530. The molecule has 0 aliphatic rings. The first-order valence-corrected chi connectivity index (χ1v) is 10.1. The highest BCUT2D eigenvalue weighted by atomic mass is 79.9. The van der Waals surface area contributed by atoms with Crippen LogP contribution >= 0.6 is 15.9 Å². The van der Waals surface area contributed by atoms with E-state index in [1.807, 2.05) is 55.5 Å². The summed E-state index contributed by atoms with van der Waals surface area (Å²) in [4.78, 5) is 31.3. The molecule has 0 atom stereocenters. The van der Waals surface area contributed by atoms with Crippen molar-refractivity contribution < 1.29 is 4.42 Å². The maximum Gasteiger partial charge on any atom is 0.273 e. The van der Waals surface area contributed by atoms with E-state index in [9.17, 15) is 9.59 Å². The van der Waals surface area contributed by atoms with Crippen molar-refractivity contribution in [1.29, 1.82) is 0 Å². The van der Waals surface area contributed by atoms with Crippen LogP contribution in [0.5, 0.6) is 0 Å². The van der Waals surface area contributed by atoms with E-state index < -0.39 is 5.56 Å². The van der Waals surface area contributed by atoms with E-state index in [0.717, 1.165) is 15.6 Å². The first kappa shape index (κ1) is 18.5. The summed E-state index contributed by atoms with van der Waals surface area (Å²) < 4.78 is 8.25. The Morgan fingerprint density at radius 2 is 1.60 bits per heavy atom. The van der Waals surface area contributed by atoms with E-state index in [0.29, 0.717) is 22.5 Å². The quantitative estimate of drug-likeness (QED) is 0.339. The molecule has 2 heterocycles.